The van der Waals surface area contributed by atoms with Crippen molar-refractivity contribution in [3.8, 4) is 0 Å². The molecule has 26 heavy (non-hydrogen) atoms. The van der Waals surface area contributed by atoms with Gasteiger partial charge in [0.2, 0.25) is 0 Å². The highest BCUT2D eigenvalue weighted by Crippen LogP contribution is 2.47. The van der Waals surface area contributed by atoms with E-state index in [-0.39, 0.29) is 20.8 Å². The SMILES string of the molecule is COC(=O)C1=CO[C@H](C)C2CN3CCc4c([nH]c5ccccc45)[C@H]3CC12.[HH].[HH]. The van der Waals surface area contributed by atoms with Gasteiger partial charge < -0.3 is 14.5 Å². The van der Waals surface area contributed by atoms with Crippen LogP contribution in [0.4, 0.5) is 0 Å². The Morgan fingerprint density at radius 3 is 3.08 bits per heavy atom. The standard InChI is InChI=1S/C21H24N2O3.2H2/c1-12-16-10-23-8-7-14-13-5-3-4-6-18(13)22-20(14)19(23)9-15(16)17(11-26-12)21(24)25-2;;/h3-6,11-12,15-16,19,22H,7-10H2,1-2H3;2*1H/t12-,15?,16?,19-;;/m1../s1. The third kappa shape index (κ3) is 2.23. The van der Waals surface area contributed by atoms with Crippen molar-refractivity contribution in [2.45, 2.75) is 31.9 Å². The number of para-hydroxylation sites is 1. The zero-order valence-electron chi connectivity index (χ0n) is 15.2. The average molecular weight is 356 g/mol. The van der Waals surface area contributed by atoms with E-state index < -0.39 is 0 Å². The lowest BCUT2D eigenvalue weighted by atomic mass is 9.72. The number of aromatic amines is 1. The van der Waals surface area contributed by atoms with Gasteiger partial charge in [0.05, 0.1) is 31.1 Å². The van der Waals surface area contributed by atoms with Gasteiger partial charge in [-0.15, -0.1) is 0 Å². The molecule has 5 rings (SSSR count). The number of carbonyl (C=O) groups is 1. The predicted molar refractivity (Wildman–Crippen MR) is 103 cm³/mol. The summed E-state index contributed by atoms with van der Waals surface area (Å²) in [5.74, 6) is 0.258. The van der Waals surface area contributed by atoms with Crippen LogP contribution >= 0.6 is 0 Å². The first-order valence-electron chi connectivity index (χ1n) is 9.44. The second-order valence-corrected chi connectivity index (χ2v) is 7.74. The third-order valence-electron chi connectivity index (χ3n) is 6.54. The number of aromatic nitrogens is 1. The molecule has 4 atom stereocenters. The molecule has 1 saturated heterocycles. The summed E-state index contributed by atoms with van der Waals surface area (Å²) in [5.41, 5.74) is 4.69. The fourth-order valence-corrected chi connectivity index (χ4v) is 5.19. The Bertz CT molecular complexity index is 910. The number of H-pyrrole nitrogens is 1. The normalized spacial score (nSPS) is 30.6. The van der Waals surface area contributed by atoms with Gasteiger partial charge in [0.25, 0.3) is 0 Å². The van der Waals surface area contributed by atoms with Crippen LogP contribution in [-0.4, -0.2) is 42.2 Å². The molecule has 0 saturated carbocycles. The molecule has 5 heteroatoms. The van der Waals surface area contributed by atoms with Crippen LogP contribution in [0.5, 0.6) is 0 Å². The predicted octanol–water partition coefficient (Wildman–Crippen LogP) is 3.67. The Balaban J connectivity index is 0.00000112. The minimum atomic E-state index is -0.256. The van der Waals surface area contributed by atoms with Gasteiger partial charge in [0.15, 0.2) is 0 Å². The molecule has 0 aliphatic carbocycles. The lowest BCUT2D eigenvalue weighted by Crippen LogP contribution is -2.51. The Labute approximate surface area is 155 Å². The fourth-order valence-electron chi connectivity index (χ4n) is 5.19. The second-order valence-electron chi connectivity index (χ2n) is 7.74. The van der Waals surface area contributed by atoms with Crippen molar-refractivity contribution in [3.63, 3.8) is 0 Å². The van der Waals surface area contributed by atoms with E-state index in [4.69, 9.17) is 9.47 Å². The smallest absolute Gasteiger partial charge is 0.337 e. The molecule has 1 aromatic carbocycles. The molecule has 0 spiro atoms. The van der Waals surface area contributed by atoms with Crippen LogP contribution in [0.3, 0.4) is 0 Å². The van der Waals surface area contributed by atoms with Crippen LogP contribution in [0.25, 0.3) is 10.9 Å². The number of ether oxygens (including phenoxy) is 2. The van der Waals surface area contributed by atoms with Crippen LogP contribution in [0.15, 0.2) is 36.1 Å². The number of hydrogen-bond donors (Lipinski definition) is 1. The molecule has 2 aromatic rings. The molecule has 3 aliphatic heterocycles. The highest BCUT2D eigenvalue weighted by Gasteiger charge is 2.46. The number of nitrogens with zero attached hydrogens (tertiary/aromatic N) is 1. The van der Waals surface area contributed by atoms with E-state index in [1.54, 1.807) is 6.26 Å². The number of nitrogens with one attached hydrogen (secondary N) is 1. The minimum absolute atomic E-state index is 0. The van der Waals surface area contributed by atoms with Gasteiger partial charge in [-0.1, -0.05) is 18.2 Å². The Morgan fingerprint density at radius 1 is 1.38 bits per heavy atom. The Kier molecular flexibility index (Phi) is 3.60. The summed E-state index contributed by atoms with van der Waals surface area (Å²) in [6.45, 7) is 4.13. The lowest BCUT2D eigenvalue weighted by Gasteiger charge is -2.49. The number of benzene rings is 1. The highest BCUT2D eigenvalue weighted by molar-refractivity contribution is 5.89. The summed E-state index contributed by atoms with van der Waals surface area (Å²) in [7, 11) is 1.45. The largest absolute Gasteiger partial charge is 0.497 e. The molecule has 0 amide bonds. The van der Waals surface area contributed by atoms with Gasteiger partial charge in [0.1, 0.15) is 0 Å². The Hall–Kier alpha value is -2.27. The molecule has 4 heterocycles. The third-order valence-corrected chi connectivity index (χ3v) is 6.54. The van der Waals surface area contributed by atoms with E-state index in [2.05, 4.69) is 41.1 Å². The first-order valence-corrected chi connectivity index (χ1v) is 9.44. The number of piperidine rings is 1. The fraction of sp³-hybridized carbons (Fsp3) is 0.476. The minimum Gasteiger partial charge on any atom is -0.497 e. The second kappa shape index (κ2) is 5.88. The molecule has 1 N–H and O–H groups in total. The Morgan fingerprint density at radius 2 is 2.23 bits per heavy atom. The van der Waals surface area contributed by atoms with Gasteiger partial charge in [-0.25, -0.2) is 4.79 Å². The van der Waals surface area contributed by atoms with Crippen molar-refractivity contribution in [1.29, 1.82) is 0 Å². The molecule has 1 aromatic heterocycles. The average Bonchev–Trinajstić information content (AvgIpc) is 3.06. The molecule has 3 aliphatic rings. The van der Waals surface area contributed by atoms with Crippen LogP contribution in [0.1, 0.15) is 33.5 Å². The summed E-state index contributed by atoms with van der Waals surface area (Å²) < 4.78 is 10.8. The maximum absolute atomic E-state index is 12.3. The van der Waals surface area contributed by atoms with Crippen LogP contribution in [0, 0.1) is 11.8 Å². The molecule has 0 bridgehead atoms. The van der Waals surface area contributed by atoms with Gasteiger partial charge in [-0.3, -0.25) is 4.90 Å². The summed E-state index contributed by atoms with van der Waals surface area (Å²) >= 11 is 0. The molecule has 0 radical (unpaired) electrons. The quantitative estimate of drug-likeness (QED) is 0.792. The zero-order valence-corrected chi connectivity index (χ0v) is 15.2. The van der Waals surface area contributed by atoms with Crippen molar-refractivity contribution >= 4 is 16.9 Å². The highest BCUT2D eigenvalue weighted by atomic mass is 16.5. The summed E-state index contributed by atoms with van der Waals surface area (Å²) in [6.07, 6.45) is 3.77. The van der Waals surface area contributed by atoms with E-state index in [0.717, 1.165) is 25.9 Å². The molecule has 5 nitrogen and oxygen atoms in total. The molecule has 140 valence electrons. The lowest BCUT2D eigenvalue weighted by molar-refractivity contribution is -0.139. The van der Waals surface area contributed by atoms with Crippen molar-refractivity contribution in [1.82, 2.24) is 9.88 Å². The van der Waals surface area contributed by atoms with Crippen LogP contribution < -0.4 is 0 Å². The topological polar surface area (TPSA) is 54.6 Å². The van der Waals surface area contributed by atoms with Crippen molar-refractivity contribution < 1.29 is 17.1 Å². The first kappa shape index (κ1) is 15.9. The molecular formula is C21H28N2O3. The molecular weight excluding hydrogens is 328 g/mol. The molecule has 2 unspecified atom stereocenters. The number of carbonyl (C=O) groups excluding carboxylic acids is 1. The van der Waals surface area contributed by atoms with Crippen molar-refractivity contribution in [2.75, 3.05) is 20.2 Å². The number of esters is 1. The number of hydrogen-bond acceptors (Lipinski definition) is 4. The van der Waals surface area contributed by atoms with Gasteiger partial charge >= 0.3 is 5.97 Å². The number of methoxy groups -OCH3 is 1. The van der Waals surface area contributed by atoms with E-state index in [1.807, 2.05) is 0 Å². The van der Waals surface area contributed by atoms with Crippen molar-refractivity contribution in [3.05, 3.63) is 47.4 Å². The monoisotopic (exact) mass is 356 g/mol. The maximum atomic E-state index is 12.3. The summed E-state index contributed by atoms with van der Waals surface area (Å²) in [6, 6.07) is 8.88. The van der Waals surface area contributed by atoms with E-state index in [1.165, 1.54) is 29.3 Å². The van der Waals surface area contributed by atoms with E-state index >= 15 is 0 Å². The van der Waals surface area contributed by atoms with Crippen LogP contribution in [0.2, 0.25) is 0 Å². The number of fused-ring (bicyclic) bond motifs is 6. The van der Waals surface area contributed by atoms with Gasteiger partial charge in [-0.2, -0.15) is 0 Å². The molecule has 1 fully saturated rings. The summed E-state index contributed by atoms with van der Waals surface area (Å²) in [5, 5.41) is 1.34. The van der Waals surface area contributed by atoms with E-state index in [9.17, 15) is 4.79 Å². The summed E-state index contributed by atoms with van der Waals surface area (Å²) in [4.78, 5) is 18.5. The zero-order chi connectivity index (χ0) is 17.8. The van der Waals surface area contributed by atoms with Gasteiger partial charge in [-0.05, 0) is 31.4 Å². The van der Waals surface area contributed by atoms with Crippen LogP contribution in [-0.2, 0) is 20.7 Å². The number of rotatable bonds is 1. The van der Waals surface area contributed by atoms with Gasteiger partial charge in [0, 0.05) is 44.4 Å². The van der Waals surface area contributed by atoms with E-state index in [0.29, 0.717) is 17.5 Å². The van der Waals surface area contributed by atoms with Crippen molar-refractivity contribution in [2.24, 2.45) is 11.8 Å². The first-order chi connectivity index (χ1) is 12.7. The maximum Gasteiger partial charge on any atom is 0.337 e.